The number of aromatic nitrogens is 1. The van der Waals surface area contributed by atoms with Crippen molar-refractivity contribution in [2.75, 3.05) is 23.2 Å². The standard InChI is InChI=1S/C23H21N3O3S/c27-30(28,23-10-3-6-18-5-1-2-9-22(18)23)26-20-7-4-8-21(17-20)29-16-15-25-19-11-13-24-14-12-19/h1-14,17,26H,15-16H2,(H,24,25). The van der Waals surface area contributed by atoms with E-state index in [1.807, 2.05) is 36.4 Å². The van der Waals surface area contributed by atoms with Crippen molar-refractivity contribution in [3.8, 4) is 5.75 Å². The van der Waals surface area contributed by atoms with Gasteiger partial charge in [-0.3, -0.25) is 9.71 Å². The zero-order chi connectivity index (χ0) is 20.8. The Kier molecular flexibility index (Phi) is 5.81. The van der Waals surface area contributed by atoms with Crippen molar-refractivity contribution < 1.29 is 13.2 Å². The molecular formula is C23H21N3O3S. The summed E-state index contributed by atoms with van der Waals surface area (Å²) in [6.07, 6.45) is 3.43. The number of rotatable bonds is 8. The van der Waals surface area contributed by atoms with E-state index in [2.05, 4.69) is 15.0 Å². The molecule has 6 nitrogen and oxygen atoms in total. The molecule has 30 heavy (non-hydrogen) atoms. The molecule has 0 atom stereocenters. The average molecular weight is 420 g/mol. The number of nitrogens with one attached hydrogen (secondary N) is 2. The maximum Gasteiger partial charge on any atom is 0.262 e. The molecule has 0 fully saturated rings. The zero-order valence-corrected chi connectivity index (χ0v) is 17.0. The van der Waals surface area contributed by atoms with Crippen LogP contribution in [0, 0.1) is 0 Å². The molecule has 7 heteroatoms. The number of nitrogens with zero attached hydrogens (tertiary/aromatic N) is 1. The molecule has 0 radical (unpaired) electrons. The number of pyridine rings is 1. The van der Waals surface area contributed by atoms with Gasteiger partial charge >= 0.3 is 0 Å². The summed E-state index contributed by atoms with van der Waals surface area (Å²) in [6, 6.07) is 23.3. The van der Waals surface area contributed by atoms with Gasteiger partial charge in [0.2, 0.25) is 0 Å². The van der Waals surface area contributed by atoms with Gasteiger partial charge < -0.3 is 10.1 Å². The molecule has 0 amide bonds. The van der Waals surface area contributed by atoms with Crippen LogP contribution in [0.1, 0.15) is 0 Å². The van der Waals surface area contributed by atoms with E-state index in [1.54, 1.807) is 54.9 Å². The molecule has 0 spiro atoms. The van der Waals surface area contributed by atoms with Gasteiger partial charge in [0.1, 0.15) is 12.4 Å². The maximum absolute atomic E-state index is 13.0. The number of benzene rings is 3. The molecule has 3 aromatic carbocycles. The summed E-state index contributed by atoms with van der Waals surface area (Å²) in [5, 5.41) is 4.79. The molecule has 152 valence electrons. The Hall–Kier alpha value is -3.58. The maximum atomic E-state index is 13.0. The predicted octanol–water partition coefficient (Wildman–Crippen LogP) is 4.53. The van der Waals surface area contributed by atoms with Crippen molar-refractivity contribution in [3.05, 3.63) is 91.3 Å². The zero-order valence-electron chi connectivity index (χ0n) is 16.2. The van der Waals surface area contributed by atoms with Crippen LogP contribution in [0.15, 0.2) is 96.2 Å². The lowest BCUT2D eigenvalue weighted by molar-refractivity contribution is 0.333. The Balaban J connectivity index is 1.43. The number of hydrogen-bond donors (Lipinski definition) is 2. The van der Waals surface area contributed by atoms with Crippen LogP contribution in [0.4, 0.5) is 11.4 Å². The first-order valence-electron chi connectivity index (χ1n) is 9.49. The van der Waals surface area contributed by atoms with Crippen LogP contribution in [-0.4, -0.2) is 26.6 Å². The minimum Gasteiger partial charge on any atom is -0.492 e. The number of hydrogen-bond acceptors (Lipinski definition) is 5. The van der Waals surface area contributed by atoms with E-state index in [9.17, 15) is 8.42 Å². The van der Waals surface area contributed by atoms with Gasteiger partial charge in [-0.05, 0) is 35.7 Å². The molecule has 0 bridgehead atoms. The predicted molar refractivity (Wildman–Crippen MR) is 119 cm³/mol. The molecular weight excluding hydrogens is 398 g/mol. The second-order valence-corrected chi connectivity index (χ2v) is 8.27. The van der Waals surface area contributed by atoms with Crippen molar-refractivity contribution in [2.24, 2.45) is 0 Å². The van der Waals surface area contributed by atoms with Gasteiger partial charge in [-0.1, -0.05) is 42.5 Å². The smallest absolute Gasteiger partial charge is 0.262 e. The van der Waals surface area contributed by atoms with Crippen molar-refractivity contribution in [1.82, 2.24) is 4.98 Å². The van der Waals surface area contributed by atoms with Crippen molar-refractivity contribution in [1.29, 1.82) is 0 Å². The third-order valence-corrected chi connectivity index (χ3v) is 5.95. The summed E-state index contributed by atoms with van der Waals surface area (Å²) in [4.78, 5) is 4.22. The lowest BCUT2D eigenvalue weighted by Gasteiger charge is -2.12. The number of sulfonamides is 1. The van der Waals surface area contributed by atoms with E-state index in [4.69, 9.17) is 4.74 Å². The highest BCUT2D eigenvalue weighted by atomic mass is 32.2. The van der Waals surface area contributed by atoms with Gasteiger partial charge in [-0.2, -0.15) is 0 Å². The summed E-state index contributed by atoms with van der Waals surface area (Å²) in [7, 11) is -3.74. The van der Waals surface area contributed by atoms with Gasteiger partial charge in [0, 0.05) is 36.1 Å². The molecule has 0 aliphatic heterocycles. The minimum atomic E-state index is -3.74. The van der Waals surface area contributed by atoms with E-state index < -0.39 is 10.0 Å². The lowest BCUT2D eigenvalue weighted by atomic mass is 10.1. The largest absolute Gasteiger partial charge is 0.492 e. The Morgan fingerprint density at radius 1 is 0.833 bits per heavy atom. The van der Waals surface area contributed by atoms with E-state index in [0.717, 1.165) is 11.1 Å². The monoisotopic (exact) mass is 419 g/mol. The second-order valence-electron chi connectivity index (χ2n) is 6.62. The Labute approximate surface area is 175 Å². The third kappa shape index (κ3) is 4.69. The van der Waals surface area contributed by atoms with Crippen LogP contribution in [0.3, 0.4) is 0 Å². The second kappa shape index (κ2) is 8.84. The fourth-order valence-electron chi connectivity index (χ4n) is 3.12. The molecule has 0 saturated carbocycles. The van der Waals surface area contributed by atoms with Gasteiger partial charge in [0.15, 0.2) is 0 Å². The first-order chi connectivity index (χ1) is 14.6. The van der Waals surface area contributed by atoms with Crippen molar-refractivity contribution >= 4 is 32.2 Å². The number of fused-ring (bicyclic) bond motifs is 1. The molecule has 0 unspecified atom stereocenters. The van der Waals surface area contributed by atoms with Gasteiger partial charge in [0.25, 0.3) is 10.0 Å². The fourth-order valence-corrected chi connectivity index (χ4v) is 4.40. The van der Waals surface area contributed by atoms with Gasteiger partial charge in [0.05, 0.1) is 10.6 Å². The molecule has 4 aromatic rings. The highest BCUT2D eigenvalue weighted by Gasteiger charge is 2.17. The van der Waals surface area contributed by atoms with Gasteiger partial charge in [-0.25, -0.2) is 8.42 Å². The Morgan fingerprint density at radius 2 is 1.60 bits per heavy atom. The summed E-state index contributed by atoms with van der Waals surface area (Å²) < 4.78 is 34.4. The SMILES string of the molecule is O=S(=O)(Nc1cccc(OCCNc2ccncc2)c1)c1cccc2ccccc12. The highest BCUT2D eigenvalue weighted by molar-refractivity contribution is 7.93. The molecule has 0 saturated heterocycles. The van der Waals surface area contributed by atoms with Crippen molar-refractivity contribution in [3.63, 3.8) is 0 Å². The quantitative estimate of drug-likeness (QED) is 0.410. The lowest BCUT2D eigenvalue weighted by Crippen LogP contribution is -2.14. The fraction of sp³-hybridized carbons (Fsp3) is 0.0870. The van der Waals surface area contributed by atoms with Crippen LogP contribution < -0.4 is 14.8 Å². The van der Waals surface area contributed by atoms with Gasteiger partial charge in [-0.15, -0.1) is 0 Å². The van der Waals surface area contributed by atoms with E-state index in [0.29, 0.717) is 30.0 Å². The van der Waals surface area contributed by atoms with Crippen LogP contribution in [0.2, 0.25) is 0 Å². The normalized spacial score (nSPS) is 11.2. The van der Waals surface area contributed by atoms with Crippen LogP contribution in [-0.2, 0) is 10.0 Å². The summed E-state index contributed by atoms with van der Waals surface area (Å²) in [6.45, 7) is 1.04. The molecule has 1 aromatic heterocycles. The summed E-state index contributed by atoms with van der Waals surface area (Å²) in [5.41, 5.74) is 1.41. The van der Waals surface area contributed by atoms with E-state index >= 15 is 0 Å². The first-order valence-corrected chi connectivity index (χ1v) is 11.0. The van der Waals surface area contributed by atoms with Crippen LogP contribution in [0.25, 0.3) is 10.8 Å². The summed E-state index contributed by atoms with van der Waals surface area (Å²) in [5.74, 6) is 0.588. The highest BCUT2D eigenvalue weighted by Crippen LogP contribution is 2.26. The minimum absolute atomic E-state index is 0.244. The van der Waals surface area contributed by atoms with Crippen molar-refractivity contribution in [2.45, 2.75) is 4.90 Å². The molecule has 2 N–H and O–H groups in total. The summed E-state index contributed by atoms with van der Waals surface area (Å²) >= 11 is 0. The molecule has 4 rings (SSSR count). The Bertz CT molecular complexity index is 1240. The van der Waals surface area contributed by atoms with Crippen LogP contribution in [0.5, 0.6) is 5.75 Å². The number of ether oxygens (including phenoxy) is 1. The topological polar surface area (TPSA) is 80.3 Å². The molecule has 0 aliphatic rings. The number of anilines is 2. The third-order valence-electron chi connectivity index (χ3n) is 4.51. The molecule has 0 aliphatic carbocycles. The first kappa shape index (κ1) is 19.7. The van der Waals surface area contributed by atoms with E-state index in [-0.39, 0.29) is 4.90 Å². The van der Waals surface area contributed by atoms with Crippen LogP contribution >= 0.6 is 0 Å². The Morgan fingerprint density at radius 3 is 2.47 bits per heavy atom. The average Bonchev–Trinajstić information content (AvgIpc) is 2.77. The molecule has 1 heterocycles. The van der Waals surface area contributed by atoms with E-state index in [1.165, 1.54) is 0 Å².